The number of hydrogen-bond acceptors (Lipinski definition) is 5. The lowest BCUT2D eigenvalue weighted by molar-refractivity contribution is 0.0172. The smallest absolute Gasteiger partial charge is 0.240 e. The fourth-order valence-corrected chi connectivity index (χ4v) is 4.80. The van der Waals surface area contributed by atoms with Crippen LogP contribution in [0.15, 0.2) is 47.4 Å². The van der Waals surface area contributed by atoms with E-state index < -0.39 is 10.0 Å². The summed E-state index contributed by atoms with van der Waals surface area (Å²) in [6.45, 7) is 6.84. The van der Waals surface area contributed by atoms with Crippen molar-refractivity contribution in [1.29, 1.82) is 0 Å². The molecule has 1 saturated heterocycles. The van der Waals surface area contributed by atoms with Gasteiger partial charge in [-0.05, 0) is 48.7 Å². The molecule has 0 radical (unpaired) electrons. The highest BCUT2D eigenvalue weighted by Crippen LogP contribution is 2.25. The lowest BCUT2D eigenvalue weighted by Gasteiger charge is -2.35. The second kappa shape index (κ2) is 9.05. The topological polar surface area (TPSA) is 67.9 Å². The Labute approximate surface area is 167 Å². The summed E-state index contributed by atoms with van der Waals surface area (Å²) in [7, 11) is -1.97. The van der Waals surface area contributed by atoms with Gasteiger partial charge < -0.3 is 9.47 Å². The molecular formula is C21H28N2O4S. The molecule has 1 unspecified atom stereocenters. The van der Waals surface area contributed by atoms with Gasteiger partial charge in [0.1, 0.15) is 5.75 Å². The summed E-state index contributed by atoms with van der Waals surface area (Å²) in [6.07, 6.45) is 0. The predicted molar refractivity (Wildman–Crippen MR) is 109 cm³/mol. The third kappa shape index (κ3) is 4.91. The first-order valence-corrected chi connectivity index (χ1v) is 10.9. The van der Waals surface area contributed by atoms with Gasteiger partial charge in [-0.3, -0.25) is 4.90 Å². The monoisotopic (exact) mass is 404 g/mol. The third-order valence-electron chi connectivity index (χ3n) is 5.09. The minimum absolute atomic E-state index is 0.0744. The van der Waals surface area contributed by atoms with Crippen LogP contribution in [0.5, 0.6) is 5.75 Å². The Bertz CT molecular complexity index is 891. The van der Waals surface area contributed by atoms with Gasteiger partial charge in [0.25, 0.3) is 0 Å². The number of aryl methyl sites for hydroxylation is 2. The molecule has 6 nitrogen and oxygen atoms in total. The van der Waals surface area contributed by atoms with Crippen molar-refractivity contribution in [2.24, 2.45) is 0 Å². The van der Waals surface area contributed by atoms with Gasteiger partial charge >= 0.3 is 0 Å². The number of nitrogens with zero attached hydrogens (tertiary/aromatic N) is 1. The van der Waals surface area contributed by atoms with Crippen LogP contribution in [0.4, 0.5) is 0 Å². The zero-order valence-corrected chi connectivity index (χ0v) is 17.5. The Hall–Kier alpha value is -1.93. The number of methoxy groups -OCH3 is 1. The second-order valence-electron chi connectivity index (χ2n) is 7.06. The fourth-order valence-electron chi connectivity index (χ4n) is 3.44. The largest absolute Gasteiger partial charge is 0.497 e. The highest BCUT2D eigenvalue weighted by Gasteiger charge is 2.25. The first-order valence-electron chi connectivity index (χ1n) is 9.43. The van der Waals surface area contributed by atoms with Crippen molar-refractivity contribution in [2.75, 3.05) is 40.0 Å². The maximum Gasteiger partial charge on any atom is 0.240 e. The second-order valence-corrected chi connectivity index (χ2v) is 8.79. The number of nitrogens with one attached hydrogen (secondary N) is 1. The van der Waals surface area contributed by atoms with Gasteiger partial charge in [-0.2, -0.15) is 0 Å². The number of morpholine rings is 1. The van der Waals surface area contributed by atoms with Crippen LogP contribution in [0, 0.1) is 13.8 Å². The van der Waals surface area contributed by atoms with Crippen LogP contribution >= 0.6 is 0 Å². The molecule has 0 aromatic heterocycles. The Kier molecular flexibility index (Phi) is 6.72. The van der Waals surface area contributed by atoms with E-state index in [1.807, 2.05) is 50.2 Å². The van der Waals surface area contributed by atoms with Crippen LogP contribution in [-0.4, -0.2) is 53.3 Å². The van der Waals surface area contributed by atoms with Crippen molar-refractivity contribution in [3.8, 4) is 5.75 Å². The van der Waals surface area contributed by atoms with Crippen LogP contribution in [-0.2, 0) is 14.8 Å². The standard InChI is InChI=1S/C21H28N2O4S/c1-16-4-5-17(2)21(14-16)28(24,25)22-15-20(23-10-12-27-13-11-23)18-6-8-19(26-3)9-7-18/h4-9,14,20,22H,10-13,15H2,1-3H3. The molecule has 1 N–H and O–H groups in total. The molecule has 2 aromatic carbocycles. The van der Waals surface area contributed by atoms with Crippen molar-refractivity contribution in [2.45, 2.75) is 24.8 Å². The van der Waals surface area contributed by atoms with Crippen LogP contribution < -0.4 is 9.46 Å². The molecule has 0 spiro atoms. The van der Waals surface area contributed by atoms with E-state index in [1.54, 1.807) is 13.2 Å². The Morgan fingerprint density at radius 2 is 1.79 bits per heavy atom. The Balaban J connectivity index is 1.83. The van der Waals surface area contributed by atoms with Crippen LogP contribution in [0.25, 0.3) is 0 Å². The van der Waals surface area contributed by atoms with Crippen molar-refractivity contribution in [3.63, 3.8) is 0 Å². The molecule has 7 heteroatoms. The molecule has 1 atom stereocenters. The molecule has 0 aliphatic carbocycles. The number of hydrogen-bond donors (Lipinski definition) is 1. The third-order valence-corrected chi connectivity index (χ3v) is 6.65. The van der Waals surface area contributed by atoms with Gasteiger partial charge in [0.05, 0.1) is 25.2 Å². The van der Waals surface area contributed by atoms with E-state index in [0.29, 0.717) is 24.7 Å². The summed E-state index contributed by atoms with van der Waals surface area (Å²) in [6, 6.07) is 13.2. The maximum atomic E-state index is 12.9. The van der Waals surface area contributed by atoms with Gasteiger partial charge in [0.15, 0.2) is 0 Å². The zero-order chi connectivity index (χ0) is 20.1. The molecule has 0 saturated carbocycles. The SMILES string of the molecule is COc1ccc(C(CNS(=O)(=O)c2cc(C)ccc2C)N2CCOCC2)cc1. The average molecular weight is 405 g/mol. The zero-order valence-electron chi connectivity index (χ0n) is 16.6. The first kappa shape index (κ1) is 20.8. The molecule has 3 rings (SSSR count). The average Bonchev–Trinajstić information content (AvgIpc) is 2.71. The van der Waals surface area contributed by atoms with E-state index in [-0.39, 0.29) is 6.04 Å². The molecule has 2 aromatic rings. The fraction of sp³-hybridized carbons (Fsp3) is 0.429. The summed E-state index contributed by atoms with van der Waals surface area (Å²) in [5, 5.41) is 0. The van der Waals surface area contributed by atoms with Gasteiger partial charge in [-0.25, -0.2) is 13.1 Å². The minimum atomic E-state index is -3.60. The van der Waals surface area contributed by atoms with E-state index in [2.05, 4.69) is 9.62 Å². The predicted octanol–water partition coefficient (Wildman–Crippen LogP) is 2.66. The van der Waals surface area contributed by atoms with Gasteiger partial charge in [-0.15, -0.1) is 0 Å². The molecule has 1 fully saturated rings. The summed E-state index contributed by atoms with van der Waals surface area (Å²) in [5.41, 5.74) is 2.71. The number of ether oxygens (including phenoxy) is 2. The quantitative estimate of drug-likeness (QED) is 0.768. The Morgan fingerprint density at radius 1 is 1.11 bits per heavy atom. The van der Waals surface area contributed by atoms with E-state index >= 15 is 0 Å². The van der Waals surface area contributed by atoms with Crippen LogP contribution in [0.2, 0.25) is 0 Å². The summed E-state index contributed by atoms with van der Waals surface area (Å²) in [4.78, 5) is 2.60. The normalized spacial score (nSPS) is 16.7. The molecule has 1 aliphatic rings. The van der Waals surface area contributed by atoms with Gasteiger partial charge in [0, 0.05) is 25.7 Å². The van der Waals surface area contributed by atoms with Crippen molar-refractivity contribution < 1.29 is 17.9 Å². The minimum Gasteiger partial charge on any atom is -0.497 e. The highest BCUT2D eigenvalue weighted by molar-refractivity contribution is 7.89. The van der Waals surface area contributed by atoms with Gasteiger partial charge in [-0.1, -0.05) is 24.3 Å². The molecule has 0 amide bonds. The summed E-state index contributed by atoms with van der Waals surface area (Å²) < 4.78 is 39.4. The van der Waals surface area contributed by atoms with Crippen LogP contribution in [0.1, 0.15) is 22.7 Å². The number of sulfonamides is 1. The maximum absolute atomic E-state index is 12.9. The summed E-state index contributed by atoms with van der Waals surface area (Å²) >= 11 is 0. The van der Waals surface area contributed by atoms with Crippen LogP contribution in [0.3, 0.4) is 0 Å². The van der Waals surface area contributed by atoms with Crippen molar-refractivity contribution in [3.05, 3.63) is 59.2 Å². The molecular weight excluding hydrogens is 376 g/mol. The molecule has 1 heterocycles. The van der Waals surface area contributed by atoms with E-state index in [1.165, 1.54) is 0 Å². The lowest BCUT2D eigenvalue weighted by Crippen LogP contribution is -2.43. The summed E-state index contributed by atoms with van der Waals surface area (Å²) in [5.74, 6) is 0.778. The number of rotatable bonds is 7. The van der Waals surface area contributed by atoms with Crippen molar-refractivity contribution >= 4 is 10.0 Å². The molecule has 152 valence electrons. The van der Waals surface area contributed by atoms with E-state index in [4.69, 9.17) is 9.47 Å². The highest BCUT2D eigenvalue weighted by atomic mass is 32.2. The molecule has 0 bridgehead atoms. The van der Waals surface area contributed by atoms with E-state index in [0.717, 1.165) is 35.5 Å². The number of benzene rings is 2. The van der Waals surface area contributed by atoms with Gasteiger partial charge in [0.2, 0.25) is 10.0 Å². The molecule has 28 heavy (non-hydrogen) atoms. The first-order chi connectivity index (χ1) is 13.4. The Morgan fingerprint density at radius 3 is 2.43 bits per heavy atom. The molecule has 1 aliphatic heterocycles. The lowest BCUT2D eigenvalue weighted by atomic mass is 10.0. The van der Waals surface area contributed by atoms with Crippen molar-refractivity contribution in [1.82, 2.24) is 9.62 Å². The van der Waals surface area contributed by atoms with E-state index in [9.17, 15) is 8.42 Å².